The van der Waals surface area contributed by atoms with Gasteiger partial charge in [0.05, 0.1) is 6.10 Å². The molecule has 1 aromatic rings. The fourth-order valence-electron chi connectivity index (χ4n) is 3.07. The van der Waals surface area contributed by atoms with E-state index in [1.165, 1.54) is 0 Å². The van der Waals surface area contributed by atoms with Crippen LogP contribution in [0.25, 0.3) is 0 Å². The fourth-order valence-corrected chi connectivity index (χ4v) is 3.47. The van der Waals surface area contributed by atoms with Gasteiger partial charge in [-0.15, -0.1) is 0 Å². The van der Waals surface area contributed by atoms with Crippen LogP contribution in [0.15, 0.2) is 28.7 Å². The van der Waals surface area contributed by atoms with Gasteiger partial charge in [-0.25, -0.2) is 4.79 Å². The molecule has 0 aliphatic carbocycles. The number of benzene rings is 1. The van der Waals surface area contributed by atoms with Crippen molar-refractivity contribution in [3.05, 3.63) is 34.3 Å². The number of urea groups is 1. The Bertz CT molecular complexity index is 705. The summed E-state index contributed by atoms with van der Waals surface area (Å²) in [5.74, 6) is -0.819. The van der Waals surface area contributed by atoms with Crippen molar-refractivity contribution >= 4 is 33.8 Å². The van der Waals surface area contributed by atoms with Crippen LogP contribution in [0.3, 0.4) is 0 Å². The molecular formula is C17H20BrN3O4. The summed E-state index contributed by atoms with van der Waals surface area (Å²) < 4.78 is 6.25. The Morgan fingerprint density at radius 3 is 2.96 bits per heavy atom. The molecule has 2 aliphatic heterocycles. The SMILES string of the molecule is C[C@]1(c2cccc(Br)c2)NC(=O)N(CC(=O)NC[C@H]2CCCO2)C1=O. The van der Waals surface area contributed by atoms with E-state index >= 15 is 0 Å². The van der Waals surface area contributed by atoms with E-state index in [-0.39, 0.29) is 18.6 Å². The Kier molecular flexibility index (Phi) is 5.10. The van der Waals surface area contributed by atoms with Gasteiger partial charge in [0.1, 0.15) is 12.1 Å². The lowest BCUT2D eigenvalue weighted by Crippen LogP contribution is -2.44. The number of ether oxygens (including phenoxy) is 1. The number of amides is 4. The second-order valence-electron chi connectivity index (χ2n) is 6.40. The van der Waals surface area contributed by atoms with Crippen LogP contribution in [0.4, 0.5) is 4.79 Å². The smallest absolute Gasteiger partial charge is 0.325 e. The first-order valence-electron chi connectivity index (χ1n) is 8.18. The average Bonchev–Trinajstić information content (AvgIpc) is 3.16. The molecule has 0 bridgehead atoms. The molecule has 2 atom stereocenters. The lowest BCUT2D eigenvalue weighted by atomic mass is 9.92. The minimum atomic E-state index is -1.18. The van der Waals surface area contributed by atoms with Crippen LogP contribution in [-0.4, -0.2) is 48.5 Å². The maximum absolute atomic E-state index is 12.8. The minimum absolute atomic E-state index is 0.0130. The predicted molar refractivity (Wildman–Crippen MR) is 93.7 cm³/mol. The zero-order valence-electron chi connectivity index (χ0n) is 13.9. The number of hydrogen-bond acceptors (Lipinski definition) is 4. The van der Waals surface area contributed by atoms with Crippen LogP contribution in [0.2, 0.25) is 0 Å². The van der Waals surface area contributed by atoms with E-state index in [1.807, 2.05) is 6.07 Å². The molecule has 0 aromatic heterocycles. The van der Waals surface area contributed by atoms with E-state index in [9.17, 15) is 14.4 Å². The quantitative estimate of drug-likeness (QED) is 0.721. The van der Waals surface area contributed by atoms with Gasteiger partial charge < -0.3 is 15.4 Å². The van der Waals surface area contributed by atoms with Crippen molar-refractivity contribution in [2.45, 2.75) is 31.4 Å². The van der Waals surface area contributed by atoms with Gasteiger partial charge in [-0.1, -0.05) is 28.1 Å². The number of rotatable bonds is 5. The van der Waals surface area contributed by atoms with E-state index in [0.29, 0.717) is 18.7 Å². The molecule has 2 N–H and O–H groups in total. The molecule has 2 heterocycles. The molecule has 2 aliphatic rings. The molecule has 7 nitrogen and oxygen atoms in total. The second-order valence-corrected chi connectivity index (χ2v) is 7.31. The summed E-state index contributed by atoms with van der Waals surface area (Å²) in [6, 6.07) is 6.61. The van der Waals surface area contributed by atoms with Gasteiger partial charge in [-0.2, -0.15) is 0 Å². The average molecular weight is 410 g/mol. The van der Waals surface area contributed by atoms with Crippen LogP contribution < -0.4 is 10.6 Å². The largest absolute Gasteiger partial charge is 0.376 e. The van der Waals surface area contributed by atoms with Crippen molar-refractivity contribution < 1.29 is 19.1 Å². The van der Waals surface area contributed by atoms with E-state index in [2.05, 4.69) is 26.6 Å². The van der Waals surface area contributed by atoms with Crippen LogP contribution in [0.5, 0.6) is 0 Å². The lowest BCUT2D eigenvalue weighted by molar-refractivity contribution is -0.134. The molecule has 0 saturated carbocycles. The minimum Gasteiger partial charge on any atom is -0.376 e. The third-order valence-electron chi connectivity index (χ3n) is 4.53. The summed E-state index contributed by atoms with van der Waals surface area (Å²) in [5, 5.41) is 5.41. The summed E-state index contributed by atoms with van der Waals surface area (Å²) >= 11 is 3.36. The van der Waals surface area contributed by atoms with Crippen molar-refractivity contribution in [1.29, 1.82) is 0 Å². The maximum Gasteiger partial charge on any atom is 0.325 e. The van der Waals surface area contributed by atoms with Gasteiger partial charge in [0, 0.05) is 17.6 Å². The third-order valence-corrected chi connectivity index (χ3v) is 5.02. The van der Waals surface area contributed by atoms with Gasteiger partial charge in [-0.3, -0.25) is 14.5 Å². The highest BCUT2D eigenvalue weighted by Crippen LogP contribution is 2.30. The Labute approximate surface area is 154 Å². The number of hydrogen-bond donors (Lipinski definition) is 2. The number of nitrogens with zero attached hydrogens (tertiary/aromatic N) is 1. The van der Waals surface area contributed by atoms with Gasteiger partial charge >= 0.3 is 6.03 Å². The molecule has 2 saturated heterocycles. The highest BCUT2D eigenvalue weighted by molar-refractivity contribution is 9.10. The van der Waals surface area contributed by atoms with Gasteiger partial charge in [0.2, 0.25) is 5.91 Å². The fraction of sp³-hybridized carbons (Fsp3) is 0.471. The monoisotopic (exact) mass is 409 g/mol. The summed E-state index contributed by atoms with van der Waals surface area (Å²) in [4.78, 5) is 38.1. The molecule has 2 fully saturated rings. The molecule has 3 rings (SSSR count). The number of halogens is 1. The first-order chi connectivity index (χ1) is 11.9. The molecule has 0 unspecified atom stereocenters. The number of carbonyl (C=O) groups excluding carboxylic acids is 3. The zero-order chi connectivity index (χ0) is 18.0. The predicted octanol–water partition coefficient (Wildman–Crippen LogP) is 1.51. The highest BCUT2D eigenvalue weighted by atomic mass is 79.9. The number of imide groups is 1. The number of nitrogens with one attached hydrogen (secondary N) is 2. The van der Waals surface area contributed by atoms with E-state index in [0.717, 1.165) is 22.2 Å². The summed E-state index contributed by atoms with van der Waals surface area (Å²) in [7, 11) is 0. The highest BCUT2D eigenvalue weighted by Gasteiger charge is 2.49. The first kappa shape index (κ1) is 17.9. The van der Waals surface area contributed by atoms with Gasteiger partial charge in [0.15, 0.2) is 0 Å². The van der Waals surface area contributed by atoms with E-state index < -0.39 is 17.5 Å². The van der Waals surface area contributed by atoms with Crippen LogP contribution in [-0.2, 0) is 19.9 Å². The normalized spacial score (nSPS) is 26.0. The molecule has 25 heavy (non-hydrogen) atoms. The van der Waals surface area contributed by atoms with Crippen molar-refractivity contribution in [2.75, 3.05) is 19.7 Å². The lowest BCUT2D eigenvalue weighted by Gasteiger charge is -2.22. The number of carbonyl (C=O) groups is 3. The molecule has 0 radical (unpaired) electrons. The Morgan fingerprint density at radius 2 is 2.28 bits per heavy atom. The molecule has 0 spiro atoms. The molecule has 8 heteroatoms. The topological polar surface area (TPSA) is 87.7 Å². The van der Waals surface area contributed by atoms with Gasteiger partial charge in [-0.05, 0) is 37.5 Å². The van der Waals surface area contributed by atoms with E-state index in [1.54, 1.807) is 25.1 Å². The molecule has 134 valence electrons. The standard InChI is InChI=1S/C17H20BrN3O4/c1-17(11-4-2-5-12(18)8-11)15(23)21(16(24)20-17)10-14(22)19-9-13-6-3-7-25-13/h2,4-5,8,13H,3,6-7,9-10H2,1H3,(H,19,22)(H,20,24)/t13-,17-/m1/s1. The van der Waals surface area contributed by atoms with Crippen LogP contribution in [0, 0.1) is 0 Å². The summed E-state index contributed by atoms with van der Waals surface area (Å²) in [6.07, 6.45) is 1.90. The Hall–Kier alpha value is -1.93. The Balaban J connectivity index is 1.65. The summed E-state index contributed by atoms with van der Waals surface area (Å²) in [6.45, 7) is 2.43. The molecule has 1 aromatic carbocycles. The van der Waals surface area contributed by atoms with Crippen molar-refractivity contribution in [3.8, 4) is 0 Å². The molecular weight excluding hydrogens is 390 g/mol. The van der Waals surface area contributed by atoms with Crippen LogP contribution in [0.1, 0.15) is 25.3 Å². The second kappa shape index (κ2) is 7.13. The van der Waals surface area contributed by atoms with Crippen molar-refractivity contribution in [1.82, 2.24) is 15.5 Å². The zero-order valence-corrected chi connectivity index (χ0v) is 15.5. The van der Waals surface area contributed by atoms with Gasteiger partial charge in [0.25, 0.3) is 5.91 Å². The Morgan fingerprint density at radius 1 is 1.48 bits per heavy atom. The maximum atomic E-state index is 12.8. The van der Waals surface area contributed by atoms with E-state index in [4.69, 9.17) is 4.74 Å². The van der Waals surface area contributed by atoms with Crippen molar-refractivity contribution in [3.63, 3.8) is 0 Å². The van der Waals surface area contributed by atoms with Crippen LogP contribution >= 0.6 is 15.9 Å². The third kappa shape index (κ3) is 3.69. The first-order valence-corrected chi connectivity index (χ1v) is 8.98. The summed E-state index contributed by atoms with van der Waals surface area (Å²) in [5.41, 5.74) is -0.530. The van der Waals surface area contributed by atoms with Crippen molar-refractivity contribution in [2.24, 2.45) is 0 Å². The molecule has 4 amide bonds.